The molecule has 0 spiro atoms. The fourth-order valence-electron chi connectivity index (χ4n) is 1.43. The first-order valence-corrected chi connectivity index (χ1v) is 5.26. The molecule has 16 heavy (non-hydrogen) atoms. The molecular formula is C10H8BrFN2O2. The van der Waals surface area contributed by atoms with Crippen molar-refractivity contribution in [2.24, 2.45) is 0 Å². The Balaban J connectivity index is 2.78. The third kappa shape index (κ3) is 1.85. The molecule has 0 bridgehead atoms. The van der Waals surface area contributed by atoms with E-state index in [1.807, 2.05) is 0 Å². The van der Waals surface area contributed by atoms with Crippen molar-refractivity contribution in [3.8, 4) is 0 Å². The highest BCUT2D eigenvalue weighted by Crippen LogP contribution is 2.18. The number of ether oxygens (including phenoxy) is 1. The second-order valence-corrected chi connectivity index (χ2v) is 4.14. The maximum atomic E-state index is 13.5. The summed E-state index contributed by atoms with van der Waals surface area (Å²) in [6.45, 7) is 0.0932. The lowest BCUT2D eigenvalue weighted by molar-refractivity contribution is 0.127. The summed E-state index contributed by atoms with van der Waals surface area (Å²) < 4.78 is 20.1. The van der Waals surface area contributed by atoms with Crippen LogP contribution in [0.2, 0.25) is 0 Å². The summed E-state index contributed by atoms with van der Waals surface area (Å²) in [5.41, 5.74) is -0.257. The smallest absolute Gasteiger partial charge is 0.263 e. The second kappa shape index (κ2) is 4.31. The first-order valence-electron chi connectivity index (χ1n) is 4.46. The van der Waals surface area contributed by atoms with Crippen LogP contribution in [0, 0.1) is 5.82 Å². The van der Waals surface area contributed by atoms with Gasteiger partial charge in [-0.2, -0.15) is 0 Å². The van der Waals surface area contributed by atoms with Crippen molar-refractivity contribution in [1.82, 2.24) is 9.55 Å². The lowest BCUT2D eigenvalue weighted by atomic mass is 10.2. The molecule has 0 aliphatic heterocycles. The molecule has 0 N–H and O–H groups in total. The first kappa shape index (κ1) is 11.2. The minimum Gasteiger partial charge on any atom is -0.364 e. The molecule has 4 nitrogen and oxygen atoms in total. The largest absolute Gasteiger partial charge is 0.364 e. The molecule has 0 unspecified atom stereocenters. The van der Waals surface area contributed by atoms with Gasteiger partial charge in [-0.25, -0.2) is 9.37 Å². The molecule has 0 saturated heterocycles. The maximum absolute atomic E-state index is 13.5. The minimum absolute atomic E-state index is 0.0700. The van der Waals surface area contributed by atoms with E-state index in [1.54, 1.807) is 6.07 Å². The Bertz CT molecular complexity index is 597. The molecule has 2 rings (SSSR count). The third-order valence-electron chi connectivity index (χ3n) is 2.11. The highest BCUT2D eigenvalue weighted by molar-refractivity contribution is 9.10. The Hall–Kier alpha value is -1.27. The minimum atomic E-state index is -0.522. The first-order chi connectivity index (χ1) is 7.63. The van der Waals surface area contributed by atoms with Crippen LogP contribution in [0.5, 0.6) is 0 Å². The Morgan fingerprint density at radius 3 is 3.00 bits per heavy atom. The molecule has 2 aromatic rings. The topological polar surface area (TPSA) is 44.1 Å². The monoisotopic (exact) mass is 286 g/mol. The van der Waals surface area contributed by atoms with Crippen molar-refractivity contribution in [1.29, 1.82) is 0 Å². The van der Waals surface area contributed by atoms with Gasteiger partial charge in [-0.05, 0) is 12.1 Å². The zero-order valence-corrected chi connectivity index (χ0v) is 9.99. The molecule has 0 amide bonds. The number of fused-ring (bicyclic) bond motifs is 1. The Morgan fingerprint density at radius 2 is 2.31 bits per heavy atom. The summed E-state index contributed by atoms with van der Waals surface area (Å²) in [6.07, 6.45) is 1.27. The molecule has 0 aliphatic rings. The molecule has 1 aromatic carbocycles. The Morgan fingerprint density at radius 1 is 1.56 bits per heavy atom. The number of methoxy groups -OCH3 is 1. The van der Waals surface area contributed by atoms with Crippen LogP contribution >= 0.6 is 15.9 Å². The number of rotatable bonds is 2. The van der Waals surface area contributed by atoms with Gasteiger partial charge in [0.25, 0.3) is 5.56 Å². The van der Waals surface area contributed by atoms with E-state index >= 15 is 0 Å². The van der Waals surface area contributed by atoms with Crippen LogP contribution in [0.1, 0.15) is 0 Å². The summed E-state index contributed by atoms with van der Waals surface area (Å²) >= 11 is 3.13. The van der Waals surface area contributed by atoms with Crippen LogP contribution in [-0.2, 0) is 11.5 Å². The van der Waals surface area contributed by atoms with Crippen molar-refractivity contribution < 1.29 is 9.13 Å². The summed E-state index contributed by atoms with van der Waals surface area (Å²) in [5.74, 6) is -0.522. The Labute approximate surface area is 98.8 Å². The molecule has 84 valence electrons. The average Bonchev–Trinajstić information content (AvgIpc) is 2.23. The van der Waals surface area contributed by atoms with E-state index in [9.17, 15) is 9.18 Å². The molecule has 0 fully saturated rings. The molecule has 0 aliphatic carbocycles. The van der Waals surface area contributed by atoms with E-state index in [0.29, 0.717) is 4.47 Å². The van der Waals surface area contributed by atoms with E-state index in [1.165, 1.54) is 24.1 Å². The van der Waals surface area contributed by atoms with Crippen LogP contribution in [0.3, 0.4) is 0 Å². The maximum Gasteiger partial charge on any atom is 0.263 e. The average molecular weight is 287 g/mol. The summed E-state index contributed by atoms with van der Waals surface area (Å²) in [7, 11) is 1.47. The van der Waals surface area contributed by atoms with E-state index in [0.717, 1.165) is 0 Å². The van der Waals surface area contributed by atoms with E-state index in [2.05, 4.69) is 20.9 Å². The molecule has 0 saturated carbocycles. The quantitative estimate of drug-likeness (QED) is 0.847. The van der Waals surface area contributed by atoms with Gasteiger partial charge < -0.3 is 4.74 Å². The highest BCUT2D eigenvalue weighted by atomic mass is 79.9. The number of hydrogen-bond donors (Lipinski definition) is 0. The lowest BCUT2D eigenvalue weighted by Gasteiger charge is -2.05. The van der Waals surface area contributed by atoms with Gasteiger partial charge in [0.1, 0.15) is 18.6 Å². The van der Waals surface area contributed by atoms with Gasteiger partial charge in [0.2, 0.25) is 0 Å². The molecule has 1 aromatic heterocycles. The second-order valence-electron chi connectivity index (χ2n) is 3.22. The highest BCUT2D eigenvalue weighted by Gasteiger charge is 2.09. The van der Waals surface area contributed by atoms with Gasteiger partial charge in [-0.1, -0.05) is 15.9 Å². The molecule has 1 heterocycles. The molecular weight excluding hydrogens is 279 g/mol. The van der Waals surface area contributed by atoms with Crippen molar-refractivity contribution in [2.45, 2.75) is 6.73 Å². The van der Waals surface area contributed by atoms with Crippen molar-refractivity contribution >= 4 is 26.8 Å². The summed E-state index contributed by atoms with van der Waals surface area (Å²) in [4.78, 5) is 15.8. The third-order valence-corrected chi connectivity index (χ3v) is 2.57. The van der Waals surface area contributed by atoms with Crippen molar-refractivity contribution in [2.75, 3.05) is 7.11 Å². The fourth-order valence-corrected chi connectivity index (χ4v) is 1.86. The standard InChI is InChI=1S/C10H8BrFN2O2/c1-16-5-14-4-13-9-7(10(14)15)2-6(11)3-8(9)12/h2-4H,5H2,1H3. The number of nitrogens with zero attached hydrogens (tertiary/aromatic N) is 2. The Kier molecular flexibility index (Phi) is 3.02. The van der Waals surface area contributed by atoms with E-state index in [4.69, 9.17) is 4.74 Å². The lowest BCUT2D eigenvalue weighted by Crippen LogP contribution is -2.21. The number of halogens is 2. The number of benzene rings is 1. The van der Waals surface area contributed by atoms with Gasteiger partial charge >= 0.3 is 0 Å². The summed E-state index contributed by atoms with van der Waals surface area (Å²) in [6, 6.07) is 2.81. The van der Waals surface area contributed by atoms with Gasteiger partial charge in [-0.3, -0.25) is 9.36 Å². The molecule has 0 radical (unpaired) electrons. The van der Waals surface area contributed by atoms with Crippen molar-refractivity contribution in [3.63, 3.8) is 0 Å². The van der Waals surface area contributed by atoms with Gasteiger partial charge in [-0.15, -0.1) is 0 Å². The summed E-state index contributed by atoms with van der Waals surface area (Å²) in [5, 5.41) is 0.228. The van der Waals surface area contributed by atoms with Crippen LogP contribution in [0.15, 0.2) is 27.7 Å². The molecule has 0 atom stereocenters. The predicted octanol–water partition coefficient (Wildman–Crippen LogP) is 1.90. The van der Waals surface area contributed by atoms with Crippen molar-refractivity contribution in [3.05, 3.63) is 39.1 Å². The van der Waals surface area contributed by atoms with Crippen LogP contribution in [0.4, 0.5) is 4.39 Å². The van der Waals surface area contributed by atoms with E-state index < -0.39 is 5.82 Å². The zero-order chi connectivity index (χ0) is 11.7. The number of aromatic nitrogens is 2. The van der Waals surface area contributed by atoms with Crippen LogP contribution < -0.4 is 5.56 Å². The van der Waals surface area contributed by atoms with Crippen LogP contribution in [-0.4, -0.2) is 16.7 Å². The number of hydrogen-bond acceptors (Lipinski definition) is 3. The molecule has 6 heteroatoms. The fraction of sp³-hybridized carbons (Fsp3) is 0.200. The van der Waals surface area contributed by atoms with Gasteiger partial charge in [0.05, 0.1) is 5.39 Å². The normalized spacial score (nSPS) is 10.9. The predicted molar refractivity (Wildman–Crippen MR) is 60.7 cm³/mol. The van der Waals surface area contributed by atoms with Crippen LogP contribution in [0.25, 0.3) is 10.9 Å². The zero-order valence-electron chi connectivity index (χ0n) is 8.41. The van der Waals surface area contributed by atoms with Gasteiger partial charge in [0.15, 0.2) is 5.82 Å². The SMILES string of the molecule is COCn1cnc2c(F)cc(Br)cc2c1=O. The van der Waals surface area contributed by atoms with Gasteiger partial charge in [0, 0.05) is 11.6 Å². The van der Waals surface area contributed by atoms with E-state index in [-0.39, 0.29) is 23.2 Å².